The summed E-state index contributed by atoms with van der Waals surface area (Å²) >= 11 is 11.6. The molecule has 0 aromatic heterocycles. The predicted octanol–water partition coefficient (Wildman–Crippen LogP) is 3.79. The highest BCUT2D eigenvalue weighted by Crippen LogP contribution is 2.20. The average molecular weight is 219 g/mol. The second-order valence-corrected chi connectivity index (χ2v) is 3.32. The van der Waals surface area contributed by atoms with Gasteiger partial charge in [-0.15, -0.1) is 0 Å². The maximum absolute atomic E-state index is 10.1. The molecule has 0 atom stereocenters. The lowest BCUT2D eigenvalue weighted by molar-refractivity contribution is -0.107. The van der Waals surface area contributed by atoms with Gasteiger partial charge >= 0.3 is 0 Å². The fourth-order valence-corrected chi connectivity index (χ4v) is 1.04. The Morgan fingerprint density at radius 3 is 2.54 bits per heavy atom. The maximum Gasteiger partial charge on any atom is 0.120 e. The van der Waals surface area contributed by atoms with Gasteiger partial charge in [0.2, 0.25) is 0 Å². The zero-order valence-electron chi connectivity index (χ0n) is 7.52. The molecule has 0 radical (unpaired) electrons. The van der Waals surface area contributed by atoms with Crippen LogP contribution < -0.4 is 0 Å². The molecule has 0 N–H and O–H groups in total. The summed E-state index contributed by atoms with van der Waals surface area (Å²) in [5, 5.41) is 1.07. The molecule has 13 heavy (non-hydrogen) atoms. The third kappa shape index (κ3) is 5.67. The van der Waals surface area contributed by atoms with Crippen molar-refractivity contribution in [1.29, 1.82) is 0 Å². The van der Waals surface area contributed by atoms with E-state index in [1.165, 1.54) is 0 Å². The molecule has 3 heteroatoms. The monoisotopic (exact) mass is 218 g/mol. The van der Waals surface area contributed by atoms with Crippen molar-refractivity contribution in [2.45, 2.75) is 19.8 Å². The van der Waals surface area contributed by atoms with Gasteiger partial charge < -0.3 is 4.79 Å². The van der Waals surface area contributed by atoms with Crippen LogP contribution in [0.1, 0.15) is 19.8 Å². The molecule has 0 aliphatic heterocycles. The van der Waals surface area contributed by atoms with E-state index in [0.717, 1.165) is 11.9 Å². The number of aldehydes is 1. The van der Waals surface area contributed by atoms with Gasteiger partial charge in [-0.05, 0) is 25.0 Å². The minimum atomic E-state index is 0.441. The lowest BCUT2D eigenvalue weighted by Crippen LogP contribution is -1.83. The Morgan fingerprint density at radius 1 is 1.46 bits per heavy atom. The van der Waals surface area contributed by atoms with Gasteiger partial charge in [-0.1, -0.05) is 35.9 Å². The van der Waals surface area contributed by atoms with Crippen LogP contribution in [0.4, 0.5) is 0 Å². The van der Waals surface area contributed by atoms with Crippen molar-refractivity contribution < 1.29 is 4.79 Å². The summed E-state index contributed by atoms with van der Waals surface area (Å²) in [5.41, 5.74) is 0.730. The van der Waals surface area contributed by atoms with Crippen LogP contribution in [-0.2, 0) is 4.79 Å². The highest BCUT2D eigenvalue weighted by Gasteiger charge is 1.99. The van der Waals surface area contributed by atoms with Crippen LogP contribution >= 0.6 is 23.2 Å². The minimum Gasteiger partial charge on any atom is -0.303 e. The molecule has 0 aromatic rings. The Morgan fingerprint density at radius 2 is 2.08 bits per heavy atom. The Labute approximate surface area is 88.7 Å². The summed E-state index contributed by atoms with van der Waals surface area (Å²) in [5.74, 6) is 0. The highest BCUT2D eigenvalue weighted by atomic mass is 35.5. The van der Waals surface area contributed by atoms with Gasteiger partial charge in [0.25, 0.3) is 0 Å². The topological polar surface area (TPSA) is 17.1 Å². The highest BCUT2D eigenvalue weighted by molar-refractivity contribution is 6.35. The molecule has 72 valence electrons. The normalized spacial score (nSPS) is 12.8. The van der Waals surface area contributed by atoms with E-state index in [4.69, 9.17) is 23.2 Å². The second kappa shape index (κ2) is 6.93. The zero-order valence-corrected chi connectivity index (χ0v) is 9.03. The van der Waals surface area contributed by atoms with E-state index in [2.05, 4.69) is 6.58 Å². The Kier molecular flexibility index (Phi) is 6.65. The molecule has 0 spiro atoms. The number of hydrogen-bond donors (Lipinski definition) is 0. The lowest BCUT2D eigenvalue weighted by atomic mass is 10.1. The van der Waals surface area contributed by atoms with E-state index < -0.39 is 0 Å². The molecule has 0 aromatic carbocycles. The minimum absolute atomic E-state index is 0.441. The van der Waals surface area contributed by atoms with E-state index >= 15 is 0 Å². The van der Waals surface area contributed by atoms with E-state index in [1.807, 2.05) is 6.92 Å². The molecule has 0 rings (SSSR count). The van der Waals surface area contributed by atoms with Crippen molar-refractivity contribution in [2.75, 3.05) is 0 Å². The molecule has 0 fully saturated rings. The second-order valence-electron chi connectivity index (χ2n) is 2.47. The number of hydrogen-bond acceptors (Lipinski definition) is 1. The third-order valence-corrected chi connectivity index (χ3v) is 2.15. The number of carbonyl (C=O) groups is 1. The van der Waals surface area contributed by atoms with Gasteiger partial charge in [-0.2, -0.15) is 0 Å². The van der Waals surface area contributed by atoms with Crippen LogP contribution in [0.3, 0.4) is 0 Å². The van der Waals surface area contributed by atoms with Crippen molar-refractivity contribution in [1.82, 2.24) is 0 Å². The van der Waals surface area contributed by atoms with Crippen molar-refractivity contribution in [3.63, 3.8) is 0 Å². The molecule has 0 bridgehead atoms. The van der Waals surface area contributed by atoms with Crippen molar-refractivity contribution in [3.8, 4) is 0 Å². The molecule has 0 aliphatic rings. The molecular weight excluding hydrogens is 207 g/mol. The Bertz CT molecular complexity index is 252. The van der Waals surface area contributed by atoms with Gasteiger partial charge in [0.15, 0.2) is 0 Å². The number of halogens is 2. The first-order chi connectivity index (χ1) is 6.11. The van der Waals surface area contributed by atoms with Gasteiger partial charge in [0, 0.05) is 16.5 Å². The number of carbonyl (C=O) groups excluding carboxylic acids is 1. The Hall–Kier alpha value is -0.530. The van der Waals surface area contributed by atoms with Crippen LogP contribution in [-0.4, -0.2) is 6.29 Å². The number of allylic oxidation sites excluding steroid dienone is 5. The van der Waals surface area contributed by atoms with Crippen LogP contribution in [0.15, 0.2) is 34.4 Å². The summed E-state index contributed by atoms with van der Waals surface area (Å²) in [6.07, 6.45) is 5.21. The quantitative estimate of drug-likeness (QED) is 0.507. The molecule has 1 nitrogen and oxygen atoms in total. The molecule has 0 saturated heterocycles. The molecule has 0 unspecified atom stereocenters. The average Bonchev–Trinajstić information content (AvgIpc) is 2.13. The van der Waals surface area contributed by atoms with Crippen LogP contribution in [0.25, 0.3) is 0 Å². The molecule has 0 heterocycles. The third-order valence-electron chi connectivity index (χ3n) is 1.44. The summed E-state index contributed by atoms with van der Waals surface area (Å²) < 4.78 is 0. The SMILES string of the molecule is C=C(CCC=O)/C(Cl)=C\C(Cl)=C/C. The fraction of sp³-hybridized carbons (Fsp3) is 0.300. The van der Waals surface area contributed by atoms with Gasteiger partial charge in [0.1, 0.15) is 6.29 Å². The van der Waals surface area contributed by atoms with E-state index in [0.29, 0.717) is 22.9 Å². The smallest absolute Gasteiger partial charge is 0.120 e. The van der Waals surface area contributed by atoms with E-state index in [9.17, 15) is 4.79 Å². The van der Waals surface area contributed by atoms with Crippen LogP contribution in [0.5, 0.6) is 0 Å². The van der Waals surface area contributed by atoms with Crippen molar-refractivity contribution >= 4 is 29.5 Å². The first-order valence-corrected chi connectivity index (χ1v) is 4.68. The summed E-state index contributed by atoms with van der Waals surface area (Å²) in [7, 11) is 0. The largest absolute Gasteiger partial charge is 0.303 e. The van der Waals surface area contributed by atoms with Gasteiger partial charge in [0.05, 0.1) is 0 Å². The number of rotatable bonds is 5. The first-order valence-electron chi connectivity index (χ1n) is 3.92. The molecule has 0 aliphatic carbocycles. The van der Waals surface area contributed by atoms with E-state index in [1.54, 1.807) is 12.2 Å². The summed E-state index contributed by atoms with van der Waals surface area (Å²) in [6.45, 7) is 5.55. The van der Waals surface area contributed by atoms with Crippen LogP contribution in [0, 0.1) is 0 Å². The summed E-state index contributed by atoms with van der Waals surface area (Å²) in [6, 6.07) is 0. The van der Waals surface area contributed by atoms with Crippen molar-refractivity contribution in [2.24, 2.45) is 0 Å². The first kappa shape index (κ1) is 12.5. The van der Waals surface area contributed by atoms with E-state index in [-0.39, 0.29) is 0 Å². The molecular formula is C10H12Cl2O. The molecule has 0 saturated carbocycles. The maximum atomic E-state index is 10.1. The summed E-state index contributed by atoms with van der Waals surface area (Å²) in [4.78, 5) is 10.1. The fourth-order valence-electron chi connectivity index (χ4n) is 0.659. The van der Waals surface area contributed by atoms with Gasteiger partial charge in [-0.25, -0.2) is 0 Å². The lowest BCUT2D eigenvalue weighted by Gasteiger charge is -2.00. The van der Waals surface area contributed by atoms with Crippen LogP contribution in [0.2, 0.25) is 0 Å². The predicted molar refractivity (Wildman–Crippen MR) is 58.0 cm³/mol. The van der Waals surface area contributed by atoms with Gasteiger partial charge in [-0.3, -0.25) is 0 Å². The zero-order chi connectivity index (χ0) is 10.3. The molecule has 0 amide bonds. The Balaban J connectivity index is 4.24. The standard InChI is InChI=1S/C10H12Cl2O/c1-3-9(11)7-10(12)8(2)5-4-6-13/h3,6-7H,2,4-5H2,1H3/b9-3+,10-7+. The van der Waals surface area contributed by atoms with Crippen molar-refractivity contribution in [3.05, 3.63) is 34.4 Å².